The fourth-order valence-corrected chi connectivity index (χ4v) is 2.98. The molecule has 0 unspecified atom stereocenters. The van der Waals surface area contributed by atoms with Gasteiger partial charge in [0.05, 0.1) is 13.6 Å². The lowest BCUT2D eigenvalue weighted by Crippen LogP contribution is -2.30. The fraction of sp³-hybridized carbons (Fsp3) is 0.545. The highest BCUT2D eigenvalue weighted by atomic mass is 32.3. The summed E-state index contributed by atoms with van der Waals surface area (Å²) in [6.45, 7) is 4.77. The fourth-order valence-electron chi connectivity index (χ4n) is 1.27. The zero-order chi connectivity index (χ0) is 20.8. The van der Waals surface area contributed by atoms with Crippen LogP contribution in [0, 0.1) is 0 Å². The maximum atomic E-state index is 11.4. The van der Waals surface area contributed by atoms with Crippen LogP contribution in [0.2, 0.25) is 0 Å². The minimum atomic E-state index is -6.72. The van der Waals surface area contributed by atoms with Gasteiger partial charge < -0.3 is 4.13 Å². The molecule has 0 bridgehead atoms. The van der Waals surface area contributed by atoms with Crippen molar-refractivity contribution in [2.24, 2.45) is 7.05 Å². The second-order valence-electron chi connectivity index (χ2n) is 4.66. The van der Waals surface area contributed by atoms with Gasteiger partial charge in [0.2, 0.25) is 6.33 Å². The van der Waals surface area contributed by atoms with Crippen LogP contribution in [0.25, 0.3) is 4.13 Å². The van der Waals surface area contributed by atoms with E-state index in [1.165, 1.54) is 6.42 Å². The van der Waals surface area contributed by atoms with Crippen LogP contribution < -0.4 is 4.57 Å². The van der Waals surface area contributed by atoms with Crippen LogP contribution in [0.15, 0.2) is 31.4 Å². The Balaban J connectivity index is 0.000000502. The van der Waals surface area contributed by atoms with E-state index in [1.54, 1.807) is 0 Å². The van der Waals surface area contributed by atoms with Gasteiger partial charge in [0.15, 0.2) is 20.0 Å². The maximum absolute atomic E-state index is 11.4. The van der Waals surface area contributed by atoms with Gasteiger partial charge in [0, 0.05) is 0 Å². The topological polar surface area (TPSA) is 91.2 Å². The van der Waals surface area contributed by atoms with Gasteiger partial charge in [-0.15, -0.1) is 6.58 Å². The molecular formula is C11H15F6N3O4S2. The number of sulfonamides is 2. The Hall–Kier alpha value is -1.61. The van der Waals surface area contributed by atoms with Crippen molar-refractivity contribution in [3.05, 3.63) is 35.5 Å². The first kappa shape index (κ1) is 24.4. The van der Waals surface area contributed by atoms with Crippen molar-refractivity contribution in [3.8, 4) is 0 Å². The smallest absolute Gasteiger partial charge is 0.421 e. The highest BCUT2D eigenvalue weighted by Gasteiger charge is 2.46. The number of aromatic nitrogens is 2. The molecule has 0 atom stereocenters. The Morgan fingerprint density at radius 1 is 1.08 bits per heavy atom. The average Bonchev–Trinajstić information content (AvgIpc) is 2.82. The first-order valence-corrected chi connectivity index (χ1v) is 9.40. The summed E-state index contributed by atoms with van der Waals surface area (Å²) < 4.78 is 113. The molecule has 0 aliphatic carbocycles. The third-order valence-corrected chi connectivity index (χ3v) is 5.17. The molecular weight excluding hydrogens is 416 g/mol. The van der Waals surface area contributed by atoms with E-state index in [-0.39, 0.29) is 0 Å². The van der Waals surface area contributed by atoms with E-state index in [2.05, 4.69) is 23.7 Å². The molecule has 1 aromatic heterocycles. The first-order chi connectivity index (χ1) is 11.5. The quantitative estimate of drug-likeness (QED) is 0.299. The Morgan fingerprint density at radius 2 is 1.54 bits per heavy atom. The number of halogens is 6. The molecule has 0 fully saturated rings. The molecule has 1 aromatic rings. The normalized spacial score (nSPS) is 13.0. The van der Waals surface area contributed by atoms with E-state index in [0.29, 0.717) is 0 Å². The molecule has 0 aliphatic rings. The van der Waals surface area contributed by atoms with Crippen LogP contribution in [0.3, 0.4) is 0 Å². The SMILES string of the molecule is C=CCCCn1cc[n+](C)c1.O=S(=O)([N-]S(=O)(=O)C(F)(F)F)C(F)(F)F. The summed E-state index contributed by atoms with van der Waals surface area (Å²) in [4.78, 5) is 0. The van der Waals surface area contributed by atoms with Crippen LogP contribution in [0.5, 0.6) is 0 Å². The van der Waals surface area contributed by atoms with E-state index in [4.69, 9.17) is 0 Å². The van der Waals surface area contributed by atoms with Crippen molar-refractivity contribution in [1.82, 2.24) is 4.57 Å². The zero-order valence-corrected chi connectivity index (χ0v) is 14.8. The van der Waals surface area contributed by atoms with Gasteiger partial charge in [0.25, 0.3) is 0 Å². The molecule has 0 spiro atoms. The predicted octanol–water partition coefficient (Wildman–Crippen LogP) is 2.34. The van der Waals surface area contributed by atoms with Crippen molar-refractivity contribution < 1.29 is 47.7 Å². The predicted molar refractivity (Wildman–Crippen MR) is 78.3 cm³/mol. The summed E-state index contributed by atoms with van der Waals surface area (Å²) in [6, 6.07) is 0. The van der Waals surface area contributed by atoms with Crippen LogP contribution in [-0.2, 0) is 33.6 Å². The molecule has 0 amide bonds. The Labute approximate surface area is 146 Å². The lowest BCUT2D eigenvalue weighted by molar-refractivity contribution is -0.671. The highest BCUT2D eigenvalue weighted by molar-refractivity contribution is 8.13. The number of unbranched alkanes of at least 4 members (excludes halogenated alkanes) is 1. The standard InChI is InChI=1S/C9H15N2.C2F6NO4S2/c1-3-4-5-6-11-8-7-10(2)9-11;3-1(4,5)14(10,11)9-15(12,13)2(6,7)8/h3,7-9H,1,4-6H2,2H3;/q+1;-1. The van der Waals surface area contributed by atoms with Gasteiger partial charge in [-0.3, -0.25) is 0 Å². The molecule has 1 rings (SSSR count). The zero-order valence-electron chi connectivity index (χ0n) is 13.2. The first-order valence-electron chi connectivity index (χ1n) is 6.52. The van der Waals surface area contributed by atoms with Crippen LogP contribution in [0.1, 0.15) is 12.8 Å². The molecule has 26 heavy (non-hydrogen) atoms. The Morgan fingerprint density at radius 3 is 1.85 bits per heavy atom. The molecule has 1 heterocycles. The lowest BCUT2D eigenvalue weighted by atomic mass is 10.3. The van der Waals surface area contributed by atoms with Crippen molar-refractivity contribution in [2.75, 3.05) is 0 Å². The van der Waals surface area contributed by atoms with E-state index in [9.17, 15) is 43.2 Å². The number of nitrogens with zero attached hydrogens (tertiary/aromatic N) is 3. The molecule has 152 valence electrons. The lowest BCUT2D eigenvalue weighted by Gasteiger charge is -2.22. The number of alkyl halides is 6. The molecule has 0 saturated carbocycles. The van der Waals surface area contributed by atoms with E-state index in [1.807, 2.05) is 23.9 Å². The third-order valence-electron chi connectivity index (χ3n) is 2.43. The molecule has 0 saturated heterocycles. The highest BCUT2D eigenvalue weighted by Crippen LogP contribution is 2.36. The summed E-state index contributed by atoms with van der Waals surface area (Å²) in [7, 11) is -11.4. The molecule has 0 aromatic carbocycles. The number of aryl methyl sites for hydroxylation is 2. The number of hydrogen-bond donors (Lipinski definition) is 0. The Kier molecular flexibility index (Phi) is 8.31. The van der Waals surface area contributed by atoms with Crippen LogP contribution >= 0.6 is 0 Å². The second kappa shape index (κ2) is 8.85. The van der Waals surface area contributed by atoms with Gasteiger partial charge in [-0.1, -0.05) is 6.08 Å². The minimum absolute atomic E-state index is 0.778. The Bertz CT molecular complexity index is 755. The molecule has 0 aliphatic heterocycles. The molecule has 15 heteroatoms. The summed E-state index contributed by atoms with van der Waals surface area (Å²) in [6.07, 6.45) is 10.5. The van der Waals surface area contributed by atoms with Crippen molar-refractivity contribution in [1.29, 1.82) is 0 Å². The van der Waals surface area contributed by atoms with Crippen LogP contribution in [0.4, 0.5) is 26.3 Å². The summed E-state index contributed by atoms with van der Waals surface area (Å²) in [5.74, 6) is 0. The third kappa shape index (κ3) is 7.74. The molecule has 0 radical (unpaired) electrons. The minimum Gasteiger partial charge on any atom is -0.421 e. The monoisotopic (exact) mass is 431 g/mol. The summed E-state index contributed by atoms with van der Waals surface area (Å²) >= 11 is 0. The second-order valence-corrected chi connectivity index (χ2v) is 8.09. The maximum Gasteiger partial charge on any atom is 0.480 e. The van der Waals surface area contributed by atoms with Crippen molar-refractivity contribution in [2.45, 2.75) is 30.4 Å². The van der Waals surface area contributed by atoms with Gasteiger partial charge in [0.1, 0.15) is 12.4 Å². The van der Waals surface area contributed by atoms with Gasteiger partial charge >= 0.3 is 11.0 Å². The molecule has 7 nitrogen and oxygen atoms in total. The summed E-state index contributed by atoms with van der Waals surface area (Å²) in [5.41, 5.74) is -12.4. The van der Waals surface area contributed by atoms with Gasteiger partial charge in [-0.2, -0.15) is 26.3 Å². The number of allylic oxidation sites excluding steroid dienone is 1. The molecule has 0 N–H and O–H groups in total. The van der Waals surface area contributed by atoms with Gasteiger partial charge in [-0.25, -0.2) is 26.0 Å². The van der Waals surface area contributed by atoms with E-state index >= 15 is 0 Å². The number of rotatable bonds is 6. The summed E-state index contributed by atoms with van der Waals surface area (Å²) in [5, 5.41) is 0. The number of imidazole rings is 1. The average molecular weight is 431 g/mol. The van der Waals surface area contributed by atoms with Crippen molar-refractivity contribution >= 4 is 20.0 Å². The van der Waals surface area contributed by atoms with E-state index in [0.717, 1.165) is 17.1 Å². The number of hydrogen-bond acceptors (Lipinski definition) is 4. The largest absolute Gasteiger partial charge is 0.480 e. The van der Waals surface area contributed by atoms with Crippen molar-refractivity contribution in [3.63, 3.8) is 0 Å². The van der Waals surface area contributed by atoms with Crippen LogP contribution in [-0.4, -0.2) is 32.4 Å². The van der Waals surface area contributed by atoms with E-state index < -0.39 is 31.1 Å². The van der Waals surface area contributed by atoms with Gasteiger partial charge in [-0.05, 0) is 12.8 Å².